The number of hydrogen-bond donors (Lipinski definition) is 8. The van der Waals surface area contributed by atoms with Gasteiger partial charge in [0.15, 0.2) is 0 Å². The van der Waals surface area contributed by atoms with E-state index in [9.17, 15) is 28.5 Å². The summed E-state index contributed by atoms with van der Waals surface area (Å²) in [5.41, 5.74) is 9.98. The lowest BCUT2D eigenvalue weighted by Gasteiger charge is -2.24. The summed E-state index contributed by atoms with van der Waals surface area (Å²) in [5, 5.41) is 29.5. The third-order valence-electron chi connectivity index (χ3n) is 18.9. The zero-order valence-corrected chi connectivity index (χ0v) is 79.8. The number of aromatic nitrogens is 1. The fourth-order valence-corrected chi connectivity index (χ4v) is 12.8. The number of para-hydroxylation sites is 1. The quantitative estimate of drug-likeness (QED) is 0.00492. The number of terminal acetylenes is 1. The molecule has 0 aliphatic rings. The van der Waals surface area contributed by atoms with Crippen molar-refractivity contribution in [2.75, 3.05) is 334 Å². The summed E-state index contributed by atoms with van der Waals surface area (Å²) in [5.74, 6) is -2.72. The fourth-order valence-electron chi connectivity index (χ4n) is 11.8. The first-order valence-electron chi connectivity index (χ1n) is 45.8. The molecule has 1 aromatic heterocycles. The lowest BCUT2D eigenvalue weighted by Crippen LogP contribution is -2.53. The largest absolute Gasteiger partial charge is 0.445 e. The average molecular weight is 1930 g/mol. The minimum absolute atomic E-state index is 0.0103. The molecule has 0 aliphatic heterocycles. The highest BCUT2D eigenvalue weighted by Crippen LogP contribution is 2.45. The van der Waals surface area contributed by atoms with E-state index in [4.69, 9.17) is 135 Å². The lowest BCUT2D eigenvalue weighted by atomic mass is 10.0. The molecule has 1 heterocycles. The van der Waals surface area contributed by atoms with Crippen molar-refractivity contribution < 1.29 is 157 Å². The molecule has 0 saturated carbocycles. The lowest BCUT2D eigenvalue weighted by molar-refractivity contribution is -0.128. The number of hydrogen-bond acceptors (Lipinski definition) is 33. The fraction of sp³-hybridized carbons (Fsp3) is 0.628. The predicted molar refractivity (Wildman–Crippen MR) is 500 cm³/mol. The van der Waals surface area contributed by atoms with E-state index < -0.39 is 49.3 Å². The number of nitrogens with zero attached hydrogens (tertiary/aromatic N) is 1. The Balaban J connectivity index is 0.717. The molecule has 1 unspecified atom stereocenters. The second-order valence-electron chi connectivity index (χ2n) is 29.7. The molecule has 0 fully saturated rings. The highest BCUT2D eigenvalue weighted by atomic mass is 31.2. The van der Waals surface area contributed by atoms with Gasteiger partial charge in [-0.2, -0.15) is 0 Å². The second kappa shape index (κ2) is 79.7. The van der Waals surface area contributed by atoms with Gasteiger partial charge in [0.25, 0.3) is 11.8 Å². The van der Waals surface area contributed by atoms with Gasteiger partial charge in [-0.3, -0.25) is 29.0 Å². The van der Waals surface area contributed by atoms with Gasteiger partial charge >= 0.3 is 13.6 Å². The van der Waals surface area contributed by atoms with Gasteiger partial charge in [-0.1, -0.05) is 68.4 Å². The number of aryl methyl sites for hydroxylation is 1. The van der Waals surface area contributed by atoms with Crippen LogP contribution in [0.5, 0.6) is 0 Å². The number of H-pyrrole nitrogens is 1. The number of nitrogens with one attached hydrogen (secondary N) is 6. The number of carbonyl (C=O) groups is 5. The first-order chi connectivity index (χ1) is 66.1. The molecule has 5 amide bonds. The van der Waals surface area contributed by atoms with Crippen LogP contribution in [0.25, 0.3) is 17.0 Å². The topological polar surface area (TPSA) is 453 Å². The molecule has 3 atom stereocenters. The molecule has 40 nitrogen and oxygen atoms in total. The van der Waals surface area contributed by atoms with Crippen LogP contribution in [0.3, 0.4) is 0 Å². The van der Waals surface area contributed by atoms with Crippen molar-refractivity contribution in [1.29, 1.82) is 0 Å². The van der Waals surface area contributed by atoms with Crippen LogP contribution in [0.1, 0.15) is 59.1 Å². The van der Waals surface area contributed by atoms with Crippen molar-refractivity contribution in [2.45, 2.75) is 59.4 Å². The van der Waals surface area contributed by atoms with Crippen molar-refractivity contribution in [3.63, 3.8) is 0 Å². The van der Waals surface area contributed by atoms with Gasteiger partial charge in [0.1, 0.15) is 18.7 Å². The van der Waals surface area contributed by atoms with Gasteiger partial charge in [0.05, 0.1) is 317 Å². The summed E-state index contributed by atoms with van der Waals surface area (Å²) in [7, 11) is -3.82. The first-order valence-corrected chi connectivity index (χ1v) is 47.4. The van der Waals surface area contributed by atoms with Gasteiger partial charge in [0.2, 0.25) is 11.8 Å². The van der Waals surface area contributed by atoms with Crippen LogP contribution in [-0.2, 0) is 157 Å². The Hall–Kier alpha value is -8.14. The molecule has 5 aromatic rings. The zero-order chi connectivity index (χ0) is 96.6. The number of carbonyl (C=O) groups excluding carboxylic acids is 5. The van der Waals surface area contributed by atoms with Crippen molar-refractivity contribution in [2.24, 2.45) is 5.92 Å². The summed E-state index contributed by atoms with van der Waals surface area (Å²) in [6.07, 6.45) is 8.39. The average Bonchev–Trinajstić information content (AvgIpc) is 1.68. The predicted octanol–water partition coefficient (Wildman–Crippen LogP) is 6.86. The molecule has 0 bridgehead atoms. The highest BCUT2D eigenvalue weighted by molar-refractivity contribution is 7.65. The van der Waals surface area contributed by atoms with Crippen molar-refractivity contribution in [3.05, 3.63) is 137 Å². The molecular weight excluding hydrogens is 1790 g/mol. The smallest absolute Gasteiger partial charge is 0.410 e. The number of fused-ring (bicyclic) bond motifs is 1. The number of aliphatic hydroxyl groups is 1. The van der Waals surface area contributed by atoms with E-state index in [2.05, 4.69) is 31.7 Å². The van der Waals surface area contributed by atoms with E-state index in [1.54, 1.807) is 66.7 Å². The van der Waals surface area contributed by atoms with Gasteiger partial charge < -0.3 is 154 Å². The molecule has 41 heteroatoms. The number of ether oxygens (including phenoxy) is 24. The van der Waals surface area contributed by atoms with E-state index in [-0.39, 0.29) is 57.7 Å². The molecule has 760 valence electrons. The Morgan fingerprint density at radius 2 is 0.785 bits per heavy atom. The molecular formula is C94H146N7O33P. The number of anilines is 2. The normalized spacial score (nSPS) is 12.5. The van der Waals surface area contributed by atoms with Crippen molar-refractivity contribution >= 4 is 65.6 Å². The molecule has 0 aliphatic carbocycles. The molecule has 4 aromatic carbocycles. The highest BCUT2D eigenvalue weighted by Gasteiger charge is 2.29. The molecule has 0 saturated heterocycles. The molecule has 0 radical (unpaired) electrons. The summed E-state index contributed by atoms with van der Waals surface area (Å²) in [6.45, 7) is 27.4. The maximum atomic E-state index is 13.8. The maximum Gasteiger partial charge on any atom is 0.410 e. The summed E-state index contributed by atoms with van der Waals surface area (Å²) in [6, 6.07) is 25.9. The molecule has 8 N–H and O–H groups in total. The minimum Gasteiger partial charge on any atom is -0.445 e. The molecule has 5 rings (SSSR count). The van der Waals surface area contributed by atoms with Gasteiger partial charge in [-0.25, -0.2) is 10.3 Å². The third-order valence-corrected chi connectivity index (χ3v) is 20.3. The molecule has 135 heavy (non-hydrogen) atoms. The van der Waals surface area contributed by atoms with E-state index in [0.29, 0.717) is 314 Å². The van der Waals surface area contributed by atoms with E-state index in [1.165, 1.54) is 37.3 Å². The van der Waals surface area contributed by atoms with E-state index >= 15 is 0 Å². The Bertz CT molecular complexity index is 3950. The van der Waals surface area contributed by atoms with Crippen LogP contribution in [-0.4, -0.2) is 386 Å². The Morgan fingerprint density at radius 1 is 0.437 bits per heavy atom. The number of aliphatic hydroxyl groups excluding tert-OH is 1. The third kappa shape index (κ3) is 59.7. The van der Waals surface area contributed by atoms with Crippen LogP contribution in [0.4, 0.5) is 16.2 Å². The van der Waals surface area contributed by atoms with E-state index in [0.717, 1.165) is 33.3 Å². The van der Waals surface area contributed by atoms with Crippen LogP contribution in [0.15, 0.2) is 103 Å². The summed E-state index contributed by atoms with van der Waals surface area (Å²) < 4.78 is 151. The van der Waals surface area contributed by atoms with Gasteiger partial charge in [0, 0.05) is 58.4 Å². The van der Waals surface area contributed by atoms with Crippen LogP contribution >= 0.6 is 7.52 Å². The van der Waals surface area contributed by atoms with Gasteiger partial charge in [-0.05, 0) is 97.0 Å². The molecule has 0 spiro atoms. The summed E-state index contributed by atoms with van der Waals surface area (Å²) in [4.78, 5) is 70.8. The SMILES string of the molecule is C#CP(=O)(Nc1ccc(C(=O)N[C@H](C(=O)N[C@@H](C)C(=O)Nc2ccc(COC(=O)N(CCc3c(C)[nH]c4ccccc34)Cc3ccc(/C=C/C(=O)NO)cc3)cc2)C(C)C)cc1)OCCOCCOCCOCCOCCOCCOCCOCCOCCOCCOCCOCCOCCOCCOCCOCCOCCOCCOCCOCCOCCOCCOCCOCCO. The number of benzene rings is 4. The van der Waals surface area contributed by atoms with Crippen molar-refractivity contribution in [1.82, 2.24) is 26.0 Å². The Kier molecular flexibility index (Phi) is 69.3. The standard InChI is InChI=1S/C94H146N7O33P/c1-6-135(109,100-85-22-18-83(19-23-85)92(105)98-90(77(2)3)93(106)96-79(5)91(104)97-84-20-15-82(16-21-84)76-133-94(107)101(26-25-86-78(4)95-88-10-8-7-9-87(86)88)75-81-13-11-80(12-14-81)17-24-89(103)99-108)134-74-73-132-72-71-131-70-69-130-68-67-129-66-65-128-64-63-127-62-61-126-60-59-125-58-57-124-56-55-123-54-53-122-52-51-121-50-49-120-48-47-119-46-45-118-44-43-117-42-41-116-40-39-115-38-37-114-36-35-113-34-33-112-32-31-111-30-29-110-28-27-102/h1,7-24,77,79,90,95,102,108H,25-76H2,2-5H3,(H,96,106)(H,97,104)(H,98,105)(H,99,103)(H,100,109)/b24-17+/t79-,90-,135?/m0/s1. The van der Waals surface area contributed by atoms with Gasteiger partial charge in [-0.15, -0.1) is 6.42 Å². The number of aromatic amines is 1. The van der Waals surface area contributed by atoms with Crippen LogP contribution < -0.4 is 26.5 Å². The van der Waals surface area contributed by atoms with E-state index in [1.807, 2.05) is 43.3 Å². The Morgan fingerprint density at radius 3 is 1.14 bits per heavy atom. The zero-order valence-electron chi connectivity index (χ0n) is 78.9. The number of hydroxylamine groups is 1. The monoisotopic (exact) mass is 1930 g/mol. The first kappa shape index (κ1) is 117. The maximum absolute atomic E-state index is 13.8. The number of amides is 5. The summed E-state index contributed by atoms with van der Waals surface area (Å²) >= 11 is 0. The Labute approximate surface area is 793 Å². The second-order valence-corrected chi connectivity index (χ2v) is 31.5. The minimum atomic E-state index is -3.82. The number of rotatable bonds is 90. The van der Waals surface area contributed by atoms with Crippen molar-refractivity contribution in [3.8, 4) is 12.1 Å². The van der Waals surface area contributed by atoms with Crippen LogP contribution in [0.2, 0.25) is 0 Å². The van der Waals surface area contributed by atoms with Crippen LogP contribution in [0, 0.1) is 24.9 Å².